The Bertz CT molecular complexity index is 555. The third-order valence-corrected chi connectivity index (χ3v) is 3.89. The SMILES string of the molecule is CC(Nc1ccccc1OCCC(N)=O)c1cccs1. The van der Waals surface area contributed by atoms with Crippen molar-refractivity contribution in [2.45, 2.75) is 19.4 Å². The van der Waals surface area contributed by atoms with Crippen LogP contribution in [0.2, 0.25) is 0 Å². The molecule has 2 rings (SSSR count). The molecule has 1 unspecified atom stereocenters. The van der Waals surface area contributed by atoms with Gasteiger partial charge in [0, 0.05) is 4.88 Å². The Kier molecular flexibility index (Phi) is 5.01. The fourth-order valence-corrected chi connectivity index (χ4v) is 2.55. The molecule has 0 saturated heterocycles. The topological polar surface area (TPSA) is 64.3 Å². The van der Waals surface area contributed by atoms with Crippen molar-refractivity contribution < 1.29 is 9.53 Å². The summed E-state index contributed by atoms with van der Waals surface area (Å²) in [6.45, 7) is 2.40. The molecule has 4 nitrogen and oxygen atoms in total. The van der Waals surface area contributed by atoms with Gasteiger partial charge >= 0.3 is 0 Å². The van der Waals surface area contributed by atoms with Crippen LogP contribution in [0.25, 0.3) is 0 Å². The van der Waals surface area contributed by atoms with E-state index in [1.54, 1.807) is 11.3 Å². The van der Waals surface area contributed by atoms with Gasteiger partial charge in [0.1, 0.15) is 5.75 Å². The predicted octanol–water partition coefficient (Wildman–Crippen LogP) is 3.18. The van der Waals surface area contributed by atoms with E-state index in [0.717, 1.165) is 11.4 Å². The number of nitrogens with two attached hydrogens (primary N) is 1. The average molecular weight is 290 g/mol. The maximum Gasteiger partial charge on any atom is 0.220 e. The molecule has 1 aromatic heterocycles. The molecule has 0 radical (unpaired) electrons. The standard InChI is InChI=1S/C15H18N2O2S/c1-11(14-7-4-10-20-14)17-12-5-2-3-6-13(12)19-9-8-15(16)18/h2-7,10-11,17H,8-9H2,1H3,(H2,16,18). The summed E-state index contributed by atoms with van der Waals surface area (Å²) in [5, 5.41) is 5.48. The van der Waals surface area contributed by atoms with Crippen LogP contribution in [-0.4, -0.2) is 12.5 Å². The normalized spacial score (nSPS) is 11.8. The maximum absolute atomic E-state index is 10.7. The number of thiophene rings is 1. The number of nitrogens with one attached hydrogen (secondary N) is 1. The van der Waals surface area contributed by atoms with Gasteiger partial charge in [-0.3, -0.25) is 4.79 Å². The first-order valence-corrected chi connectivity index (χ1v) is 7.35. The van der Waals surface area contributed by atoms with E-state index in [0.29, 0.717) is 6.61 Å². The van der Waals surface area contributed by atoms with Crippen LogP contribution in [0.3, 0.4) is 0 Å². The van der Waals surface area contributed by atoms with Gasteiger partial charge in [-0.2, -0.15) is 0 Å². The molecule has 0 fully saturated rings. The molecule has 0 aliphatic rings. The Morgan fingerprint density at radius 3 is 2.85 bits per heavy atom. The van der Waals surface area contributed by atoms with E-state index < -0.39 is 0 Å². The zero-order valence-corrected chi connectivity index (χ0v) is 12.2. The minimum absolute atomic E-state index is 0.205. The molecule has 0 saturated carbocycles. The van der Waals surface area contributed by atoms with E-state index in [1.165, 1.54) is 4.88 Å². The first-order valence-electron chi connectivity index (χ1n) is 6.47. The van der Waals surface area contributed by atoms with Crippen LogP contribution >= 0.6 is 11.3 Å². The fraction of sp³-hybridized carbons (Fsp3) is 0.267. The first kappa shape index (κ1) is 14.4. The molecule has 0 bridgehead atoms. The van der Waals surface area contributed by atoms with Crippen LogP contribution in [0.5, 0.6) is 5.75 Å². The summed E-state index contributed by atoms with van der Waals surface area (Å²) in [4.78, 5) is 12.0. The van der Waals surface area contributed by atoms with Gasteiger partial charge in [-0.25, -0.2) is 0 Å². The van der Waals surface area contributed by atoms with E-state index in [4.69, 9.17) is 10.5 Å². The van der Waals surface area contributed by atoms with Crippen molar-refractivity contribution in [3.8, 4) is 5.75 Å². The Hall–Kier alpha value is -2.01. The van der Waals surface area contributed by atoms with Crippen molar-refractivity contribution in [3.05, 3.63) is 46.7 Å². The van der Waals surface area contributed by atoms with Crippen LogP contribution in [-0.2, 0) is 4.79 Å². The van der Waals surface area contributed by atoms with Crippen molar-refractivity contribution in [2.75, 3.05) is 11.9 Å². The number of para-hydroxylation sites is 2. The molecular formula is C15H18N2O2S. The minimum atomic E-state index is -0.359. The molecule has 1 amide bonds. The van der Waals surface area contributed by atoms with Gasteiger partial charge in [0.15, 0.2) is 0 Å². The number of primary amides is 1. The number of carbonyl (C=O) groups is 1. The van der Waals surface area contributed by atoms with Crippen LogP contribution in [0.1, 0.15) is 24.3 Å². The molecule has 1 heterocycles. The van der Waals surface area contributed by atoms with Gasteiger partial charge in [-0.1, -0.05) is 18.2 Å². The zero-order valence-electron chi connectivity index (χ0n) is 11.3. The maximum atomic E-state index is 10.7. The van der Waals surface area contributed by atoms with E-state index in [-0.39, 0.29) is 18.4 Å². The first-order chi connectivity index (χ1) is 9.66. The van der Waals surface area contributed by atoms with Crippen LogP contribution < -0.4 is 15.8 Å². The van der Waals surface area contributed by atoms with Crippen LogP contribution in [0, 0.1) is 0 Å². The van der Waals surface area contributed by atoms with Crippen molar-refractivity contribution >= 4 is 22.9 Å². The molecular weight excluding hydrogens is 272 g/mol. The van der Waals surface area contributed by atoms with Gasteiger partial charge < -0.3 is 15.8 Å². The lowest BCUT2D eigenvalue weighted by Gasteiger charge is -2.17. The summed E-state index contributed by atoms with van der Waals surface area (Å²) in [6.07, 6.45) is 0.217. The minimum Gasteiger partial charge on any atom is -0.491 e. The third-order valence-electron chi connectivity index (χ3n) is 2.84. The van der Waals surface area contributed by atoms with Crippen molar-refractivity contribution in [1.82, 2.24) is 0 Å². The molecule has 3 N–H and O–H groups in total. The summed E-state index contributed by atoms with van der Waals surface area (Å²) >= 11 is 1.71. The third kappa shape index (κ3) is 3.99. The lowest BCUT2D eigenvalue weighted by atomic mass is 10.2. The molecule has 5 heteroatoms. The lowest BCUT2D eigenvalue weighted by Crippen LogP contribution is -2.15. The number of benzene rings is 1. The van der Waals surface area contributed by atoms with Crippen molar-refractivity contribution in [1.29, 1.82) is 0 Å². The smallest absolute Gasteiger partial charge is 0.220 e. The summed E-state index contributed by atoms with van der Waals surface area (Å²) in [5.41, 5.74) is 6.02. The van der Waals surface area contributed by atoms with Crippen LogP contribution in [0.15, 0.2) is 41.8 Å². The predicted molar refractivity (Wildman–Crippen MR) is 82.1 cm³/mol. The highest BCUT2D eigenvalue weighted by molar-refractivity contribution is 7.10. The Morgan fingerprint density at radius 2 is 2.15 bits per heavy atom. The highest BCUT2D eigenvalue weighted by atomic mass is 32.1. The Balaban J connectivity index is 2.02. The fourth-order valence-electron chi connectivity index (χ4n) is 1.82. The molecule has 0 aliphatic heterocycles. The Labute approximate surface area is 122 Å². The Morgan fingerprint density at radius 1 is 1.35 bits per heavy atom. The lowest BCUT2D eigenvalue weighted by molar-refractivity contribution is -0.118. The second kappa shape index (κ2) is 6.96. The van der Waals surface area contributed by atoms with E-state index in [2.05, 4.69) is 23.7 Å². The largest absolute Gasteiger partial charge is 0.491 e. The summed E-state index contributed by atoms with van der Waals surface area (Å²) < 4.78 is 5.61. The number of anilines is 1. The molecule has 0 spiro atoms. The number of hydrogen-bond acceptors (Lipinski definition) is 4. The highest BCUT2D eigenvalue weighted by Crippen LogP contribution is 2.29. The number of rotatable bonds is 7. The van der Waals surface area contributed by atoms with Crippen LogP contribution in [0.4, 0.5) is 5.69 Å². The quantitative estimate of drug-likeness (QED) is 0.823. The van der Waals surface area contributed by atoms with Gasteiger partial charge in [-0.15, -0.1) is 11.3 Å². The van der Waals surface area contributed by atoms with Gasteiger partial charge in [0.05, 0.1) is 24.8 Å². The molecule has 1 aromatic carbocycles. The summed E-state index contributed by atoms with van der Waals surface area (Å²) in [7, 11) is 0. The molecule has 2 aromatic rings. The van der Waals surface area contributed by atoms with E-state index in [1.807, 2.05) is 30.3 Å². The average Bonchev–Trinajstić information content (AvgIpc) is 2.94. The highest BCUT2D eigenvalue weighted by Gasteiger charge is 2.09. The number of amides is 1. The number of hydrogen-bond donors (Lipinski definition) is 2. The van der Waals surface area contributed by atoms with Crippen molar-refractivity contribution in [2.24, 2.45) is 5.73 Å². The van der Waals surface area contributed by atoms with Gasteiger partial charge in [0.25, 0.3) is 0 Å². The number of ether oxygens (including phenoxy) is 1. The zero-order chi connectivity index (χ0) is 14.4. The van der Waals surface area contributed by atoms with Gasteiger partial charge in [-0.05, 0) is 30.5 Å². The van der Waals surface area contributed by atoms with E-state index in [9.17, 15) is 4.79 Å². The molecule has 0 aliphatic carbocycles. The summed E-state index contributed by atoms with van der Waals surface area (Å²) in [6, 6.07) is 12.0. The summed E-state index contributed by atoms with van der Waals surface area (Å²) in [5.74, 6) is 0.375. The van der Waals surface area contributed by atoms with Gasteiger partial charge in [0.2, 0.25) is 5.91 Å². The second-order valence-electron chi connectivity index (χ2n) is 4.44. The second-order valence-corrected chi connectivity index (χ2v) is 5.42. The van der Waals surface area contributed by atoms with Crippen molar-refractivity contribution in [3.63, 3.8) is 0 Å². The van der Waals surface area contributed by atoms with E-state index >= 15 is 0 Å². The molecule has 106 valence electrons. The molecule has 1 atom stereocenters. The monoisotopic (exact) mass is 290 g/mol. The number of carbonyl (C=O) groups excluding carboxylic acids is 1. The molecule has 20 heavy (non-hydrogen) atoms.